The van der Waals surface area contributed by atoms with E-state index in [1.54, 1.807) is 6.07 Å². The van der Waals surface area contributed by atoms with Gasteiger partial charge in [0.05, 0.1) is 0 Å². The van der Waals surface area contributed by atoms with E-state index in [2.05, 4.69) is 46.7 Å². The Balaban J connectivity index is 2.21. The fourth-order valence-corrected chi connectivity index (χ4v) is 1.85. The molecule has 0 fully saturated rings. The van der Waals surface area contributed by atoms with E-state index in [9.17, 15) is 4.79 Å². The molecular formula is C13H17N5O. The molecule has 0 saturated heterocycles. The summed E-state index contributed by atoms with van der Waals surface area (Å²) in [6.45, 7) is 6.42. The van der Waals surface area contributed by atoms with Crippen molar-refractivity contribution in [2.75, 3.05) is 5.32 Å². The van der Waals surface area contributed by atoms with Gasteiger partial charge in [0.25, 0.3) is 11.9 Å². The fourth-order valence-electron chi connectivity index (χ4n) is 1.85. The molecule has 100 valence electrons. The molecular weight excluding hydrogens is 242 g/mol. The summed E-state index contributed by atoms with van der Waals surface area (Å²) in [6.07, 6.45) is 0.822. The molecule has 0 spiro atoms. The van der Waals surface area contributed by atoms with Gasteiger partial charge in [0.1, 0.15) is 0 Å². The summed E-state index contributed by atoms with van der Waals surface area (Å²) in [6, 6.07) is 7.55. The highest BCUT2D eigenvalue weighted by atomic mass is 16.1. The number of amides is 1. The summed E-state index contributed by atoms with van der Waals surface area (Å²) in [5, 5.41) is 15.7. The zero-order chi connectivity index (χ0) is 13.9. The molecule has 6 heteroatoms. The fraction of sp³-hybridized carbons (Fsp3) is 0.385. The van der Waals surface area contributed by atoms with Gasteiger partial charge in [-0.15, -0.1) is 5.10 Å². The first kappa shape index (κ1) is 13.2. The molecule has 2 aromatic rings. The Labute approximate surface area is 111 Å². The highest BCUT2D eigenvalue weighted by Gasteiger charge is 2.18. The SMILES string of the molecule is CC(C)(C)Cc1ccccc1C(=O)Nc1nn[nH]n1. The molecule has 0 saturated carbocycles. The summed E-state index contributed by atoms with van der Waals surface area (Å²) in [5.74, 6) is -0.0446. The standard InChI is InChI=1S/C13H17N5O/c1-13(2,3)8-9-6-4-5-7-10(9)11(19)14-12-15-17-18-16-12/h4-7H,8H2,1-3H3,(H2,14,15,16,17,18,19). The summed E-state index contributed by atoms with van der Waals surface area (Å²) in [7, 11) is 0. The monoisotopic (exact) mass is 259 g/mol. The molecule has 0 bridgehead atoms. The molecule has 1 aromatic heterocycles. The second kappa shape index (κ2) is 5.17. The van der Waals surface area contributed by atoms with Crippen molar-refractivity contribution < 1.29 is 4.79 Å². The van der Waals surface area contributed by atoms with Crippen molar-refractivity contribution in [1.82, 2.24) is 20.6 Å². The Hall–Kier alpha value is -2.24. The second-order valence-corrected chi connectivity index (χ2v) is 5.58. The highest BCUT2D eigenvalue weighted by Crippen LogP contribution is 2.23. The van der Waals surface area contributed by atoms with E-state index in [0.717, 1.165) is 12.0 Å². The first-order chi connectivity index (χ1) is 8.96. The van der Waals surface area contributed by atoms with Crippen LogP contribution >= 0.6 is 0 Å². The molecule has 0 unspecified atom stereocenters. The van der Waals surface area contributed by atoms with Crippen molar-refractivity contribution in [2.45, 2.75) is 27.2 Å². The van der Waals surface area contributed by atoms with Crippen molar-refractivity contribution >= 4 is 11.9 Å². The Morgan fingerprint density at radius 1 is 1.32 bits per heavy atom. The molecule has 0 aliphatic heterocycles. The molecule has 1 amide bonds. The molecule has 19 heavy (non-hydrogen) atoms. The first-order valence-electron chi connectivity index (χ1n) is 6.08. The molecule has 0 radical (unpaired) electrons. The number of aromatic nitrogens is 4. The first-order valence-corrected chi connectivity index (χ1v) is 6.08. The third kappa shape index (κ3) is 3.61. The number of rotatable bonds is 3. The topological polar surface area (TPSA) is 83.6 Å². The average molecular weight is 259 g/mol. The molecule has 1 heterocycles. The lowest BCUT2D eigenvalue weighted by Crippen LogP contribution is -2.18. The number of carbonyl (C=O) groups is 1. The van der Waals surface area contributed by atoms with Crippen LogP contribution in [0, 0.1) is 5.41 Å². The summed E-state index contributed by atoms with van der Waals surface area (Å²) < 4.78 is 0. The van der Waals surface area contributed by atoms with Crippen molar-refractivity contribution in [2.24, 2.45) is 5.41 Å². The quantitative estimate of drug-likeness (QED) is 0.883. The highest BCUT2D eigenvalue weighted by molar-refractivity contribution is 6.04. The van der Waals surface area contributed by atoms with Crippen LogP contribution in [0.3, 0.4) is 0 Å². The van der Waals surface area contributed by atoms with Gasteiger partial charge in [-0.25, -0.2) is 0 Å². The summed E-state index contributed by atoms with van der Waals surface area (Å²) in [5.41, 5.74) is 1.76. The van der Waals surface area contributed by atoms with Gasteiger partial charge < -0.3 is 0 Å². The minimum absolute atomic E-state index is 0.114. The van der Waals surface area contributed by atoms with E-state index in [-0.39, 0.29) is 17.3 Å². The smallest absolute Gasteiger partial charge is 0.270 e. The van der Waals surface area contributed by atoms with Gasteiger partial charge in [0.15, 0.2) is 0 Å². The lowest BCUT2D eigenvalue weighted by Gasteiger charge is -2.19. The van der Waals surface area contributed by atoms with Crippen LogP contribution in [-0.4, -0.2) is 26.5 Å². The minimum atomic E-state index is -0.221. The van der Waals surface area contributed by atoms with E-state index < -0.39 is 0 Å². The predicted octanol–water partition coefficient (Wildman–Crippen LogP) is 2.04. The number of anilines is 1. The third-order valence-electron chi connectivity index (χ3n) is 2.55. The van der Waals surface area contributed by atoms with E-state index in [1.807, 2.05) is 18.2 Å². The normalized spacial score (nSPS) is 11.3. The Morgan fingerprint density at radius 2 is 2.05 bits per heavy atom. The number of benzene rings is 1. The summed E-state index contributed by atoms with van der Waals surface area (Å²) in [4.78, 5) is 12.2. The van der Waals surface area contributed by atoms with Gasteiger partial charge in [0, 0.05) is 5.56 Å². The van der Waals surface area contributed by atoms with E-state index >= 15 is 0 Å². The van der Waals surface area contributed by atoms with Gasteiger partial charge in [0.2, 0.25) is 0 Å². The van der Waals surface area contributed by atoms with Crippen LogP contribution in [0.15, 0.2) is 24.3 Å². The molecule has 0 aliphatic rings. The van der Waals surface area contributed by atoms with Gasteiger partial charge >= 0.3 is 0 Å². The number of aromatic amines is 1. The Kier molecular flexibility index (Phi) is 3.59. The average Bonchev–Trinajstić information content (AvgIpc) is 2.80. The Morgan fingerprint density at radius 3 is 2.68 bits per heavy atom. The molecule has 1 aromatic carbocycles. The molecule has 2 N–H and O–H groups in total. The number of nitrogens with one attached hydrogen (secondary N) is 2. The van der Waals surface area contributed by atoms with Crippen LogP contribution in [0.4, 0.5) is 5.95 Å². The number of carbonyl (C=O) groups excluding carboxylic acids is 1. The maximum absolute atomic E-state index is 12.2. The Bertz CT molecular complexity index is 557. The molecule has 0 aliphatic carbocycles. The predicted molar refractivity (Wildman–Crippen MR) is 71.7 cm³/mol. The lowest BCUT2D eigenvalue weighted by atomic mass is 9.86. The molecule has 6 nitrogen and oxygen atoms in total. The number of hydrogen-bond donors (Lipinski definition) is 2. The largest absolute Gasteiger partial charge is 0.288 e. The van der Waals surface area contributed by atoms with Crippen molar-refractivity contribution in [3.8, 4) is 0 Å². The van der Waals surface area contributed by atoms with Crippen molar-refractivity contribution in [1.29, 1.82) is 0 Å². The van der Waals surface area contributed by atoms with Crippen LogP contribution in [0.2, 0.25) is 0 Å². The van der Waals surface area contributed by atoms with Crippen molar-refractivity contribution in [3.05, 3.63) is 35.4 Å². The van der Waals surface area contributed by atoms with Crippen LogP contribution in [0.5, 0.6) is 0 Å². The van der Waals surface area contributed by atoms with Crippen LogP contribution in [0.25, 0.3) is 0 Å². The molecule has 0 atom stereocenters. The van der Waals surface area contributed by atoms with Gasteiger partial charge in [-0.2, -0.15) is 5.21 Å². The second-order valence-electron chi connectivity index (χ2n) is 5.58. The number of hydrogen-bond acceptors (Lipinski definition) is 4. The maximum atomic E-state index is 12.2. The lowest BCUT2D eigenvalue weighted by molar-refractivity contribution is 0.102. The van der Waals surface area contributed by atoms with E-state index in [4.69, 9.17) is 0 Å². The van der Waals surface area contributed by atoms with Gasteiger partial charge in [-0.05, 0) is 28.7 Å². The van der Waals surface area contributed by atoms with E-state index in [1.165, 1.54) is 0 Å². The number of tetrazole rings is 1. The number of H-pyrrole nitrogens is 1. The minimum Gasteiger partial charge on any atom is -0.288 e. The van der Waals surface area contributed by atoms with Gasteiger partial charge in [-0.3, -0.25) is 10.1 Å². The van der Waals surface area contributed by atoms with Gasteiger partial charge in [-0.1, -0.05) is 44.1 Å². The zero-order valence-electron chi connectivity index (χ0n) is 11.3. The van der Waals surface area contributed by atoms with Crippen molar-refractivity contribution in [3.63, 3.8) is 0 Å². The third-order valence-corrected chi connectivity index (χ3v) is 2.55. The summed E-state index contributed by atoms with van der Waals surface area (Å²) >= 11 is 0. The van der Waals surface area contributed by atoms with Crippen LogP contribution in [0.1, 0.15) is 36.7 Å². The van der Waals surface area contributed by atoms with Crippen LogP contribution < -0.4 is 5.32 Å². The molecule has 2 rings (SSSR count). The van der Waals surface area contributed by atoms with Crippen LogP contribution in [-0.2, 0) is 6.42 Å². The zero-order valence-corrected chi connectivity index (χ0v) is 11.3. The van der Waals surface area contributed by atoms with E-state index in [0.29, 0.717) is 5.56 Å². The number of nitrogens with zero attached hydrogens (tertiary/aromatic N) is 3. The maximum Gasteiger partial charge on any atom is 0.270 e.